The van der Waals surface area contributed by atoms with Gasteiger partial charge < -0.3 is 41.0 Å². The molecule has 1 heterocycles. The fourth-order valence-corrected chi connectivity index (χ4v) is 12.2. The summed E-state index contributed by atoms with van der Waals surface area (Å²) in [6, 6.07) is 0. The van der Waals surface area contributed by atoms with Gasteiger partial charge in [0.05, 0.1) is 18.0 Å². The third-order valence-corrected chi connectivity index (χ3v) is 15.4. The Labute approximate surface area is 311 Å². The highest BCUT2D eigenvalue weighted by molar-refractivity contribution is 8.00. The molecule has 4 fully saturated rings. The van der Waals surface area contributed by atoms with E-state index >= 15 is 0 Å². The van der Waals surface area contributed by atoms with Gasteiger partial charge in [0.2, 0.25) is 0 Å². The van der Waals surface area contributed by atoms with Gasteiger partial charge in [0.25, 0.3) is 0 Å². The highest BCUT2D eigenvalue weighted by Crippen LogP contribution is 2.67. The number of unbranched alkanes of at least 4 members (excludes halogenated alkanes) is 1. The zero-order valence-electron chi connectivity index (χ0n) is 32.0. The topological polar surface area (TPSA) is 167 Å². The third-order valence-electron chi connectivity index (χ3n) is 13.9. The Hall–Kier alpha value is -1.37. The lowest BCUT2D eigenvalue weighted by molar-refractivity contribution is -0.105. The molecule has 3 saturated carbocycles. The second-order valence-electron chi connectivity index (χ2n) is 17.6. The standard InChI is InChI=1S/C40H69N3O7S/c1-24(2)9-8-10-25(3)29-13-14-30-28-12-11-26-21-27(15-17-39(26,4)31(28)16-18-40(29,30)5)50-38(48)43-20-7-6-19-42-33(41)23-49-37-36(47)35(46)34(45)32(22-44)51-37/h11,24-25,27-32,34-37,44-47H,6-10,12-23H2,1-5H3,(H2,41,42)(H,43,48)/t25-,27+,28+,29-,30+,31+,32-,34-,35+,36+,37-,39+,40-/m1/s1. The van der Waals surface area contributed by atoms with Gasteiger partial charge in [0.1, 0.15) is 36.2 Å². The number of rotatable bonds is 15. The molecule has 292 valence electrons. The Morgan fingerprint density at radius 1 is 1.02 bits per heavy atom. The molecule has 0 spiro atoms. The molecule has 1 aliphatic heterocycles. The normalized spacial score (nSPS) is 40.2. The number of carbonyl (C=O) groups excluding carboxylic acids is 1. The summed E-state index contributed by atoms with van der Waals surface area (Å²) in [5.74, 6) is 5.15. The second-order valence-corrected chi connectivity index (χ2v) is 18.9. The molecule has 1 amide bonds. The predicted molar refractivity (Wildman–Crippen MR) is 203 cm³/mol. The zero-order valence-corrected chi connectivity index (χ0v) is 32.8. The van der Waals surface area contributed by atoms with Gasteiger partial charge in [-0.15, -0.1) is 11.8 Å². The van der Waals surface area contributed by atoms with E-state index < -0.39 is 29.0 Å². The number of aliphatic hydroxyl groups is 4. The van der Waals surface area contributed by atoms with Gasteiger partial charge in [-0.3, -0.25) is 4.99 Å². The van der Waals surface area contributed by atoms with Crippen LogP contribution in [0.2, 0.25) is 0 Å². The molecular formula is C40H69N3O7S. The van der Waals surface area contributed by atoms with Crippen molar-refractivity contribution in [3.8, 4) is 0 Å². The van der Waals surface area contributed by atoms with E-state index in [9.17, 15) is 25.2 Å². The van der Waals surface area contributed by atoms with Gasteiger partial charge in [-0.2, -0.15) is 0 Å². The lowest BCUT2D eigenvalue weighted by Crippen LogP contribution is -2.55. The number of thioether (sulfide) groups is 1. The molecule has 1 saturated heterocycles. The summed E-state index contributed by atoms with van der Waals surface area (Å²) >= 11 is 1.06. The van der Waals surface area contributed by atoms with Crippen LogP contribution >= 0.6 is 11.8 Å². The van der Waals surface area contributed by atoms with Gasteiger partial charge in [-0.25, -0.2) is 4.79 Å². The lowest BCUT2D eigenvalue weighted by Gasteiger charge is -2.58. The van der Waals surface area contributed by atoms with E-state index in [0.29, 0.717) is 24.9 Å². The molecule has 0 aromatic carbocycles. The maximum absolute atomic E-state index is 12.7. The van der Waals surface area contributed by atoms with Crippen LogP contribution in [0.3, 0.4) is 0 Å². The molecule has 0 radical (unpaired) electrons. The van der Waals surface area contributed by atoms with E-state index in [-0.39, 0.29) is 36.7 Å². The molecule has 0 aromatic rings. The summed E-state index contributed by atoms with van der Waals surface area (Å²) in [6.07, 6.45) is 13.4. The summed E-state index contributed by atoms with van der Waals surface area (Å²) < 4.78 is 11.5. The molecule has 10 nitrogen and oxygen atoms in total. The lowest BCUT2D eigenvalue weighted by atomic mass is 9.47. The predicted octanol–water partition coefficient (Wildman–Crippen LogP) is 5.79. The minimum Gasteiger partial charge on any atom is -0.446 e. The van der Waals surface area contributed by atoms with E-state index in [2.05, 4.69) is 51.0 Å². The Kier molecular flexibility index (Phi) is 14.3. The highest BCUT2D eigenvalue weighted by Gasteiger charge is 2.59. The number of alkyl carbamates (subject to hydrolysis) is 1. The molecule has 4 aliphatic carbocycles. The number of amidine groups is 1. The molecule has 11 heteroatoms. The number of aliphatic imine (C=N–C) groups is 1. The largest absolute Gasteiger partial charge is 0.446 e. The minimum absolute atomic E-state index is 0.0447. The Balaban J connectivity index is 1.01. The van der Waals surface area contributed by atoms with Gasteiger partial charge in [0, 0.05) is 19.5 Å². The molecular weight excluding hydrogens is 667 g/mol. The summed E-state index contributed by atoms with van der Waals surface area (Å²) in [6.45, 7) is 13.0. The molecule has 0 bridgehead atoms. The van der Waals surface area contributed by atoms with E-state index in [1.165, 1.54) is 56.9 Å². The number of carbonyl (C=O) groups is 1. The van der Waals surface area contributed by atoms with E-state index in [0.717, 1.165) is 73.0 Å². The first kappa shape index (κ1) is 40.8. The van der Waals surface area contributed by atoms with Crippen molar-refractivity contribution in [2.24, 2.45) is 57.1 Å². The number of fused-ring (bicyclic) bond motifs is 5. The third kappa shape index (κ3) is 9.30. The average Bonchev–Trinajstić information content (AvgIpc) is 3.45. The summed E-state index contributed by atoms with van der Waals surface area (Å²) in [7, 11) is 0. The minimum atomic E-state index is -1.41. The van der Waals surface area contributed by atoms with Crippen LogP contribution in [-0.2, 0) is 9.47 Å². The first-order valence-electron chi connectivity index (χ1n) is 20.1. The van der Waals surface area contributed by atoms with E-state index in [4.69, 9.17) is 15.2 Å². The maximum Gasteiger partial charge on any atom is 0.407 e. The van der Waals surface area contributed by atoms with Crippen molar-refractivity contribution >= 4 is 23.7 Å². The number of ether oxygens (including phenoxy) is 2. The summed E-state index contributed by atoms with van der Waals surface area (Å²) in [5, 5.41) is 41.8. The second kappa shape index (κ2) is 17.8. The van der Waals surface area contributed by atoms with Crippen molar-refractivity contribution in [3.05, 3.63) is 11.6 Å². The summed E-state index contributed by atoms with van der Waals surface area (Å²) in [4.78, 5) is 17.0. The van der Waals surface area contributed by atoms with Crippen molar-refractivity contribution in [3.63, 3.8) is 0 Å². The van der Waals surface area contributed by atoms with Crippen molar-refractivity contribution in [1.29, 1.82) is 0 Å². The maximum atomic E-state index is 12.7. The first-order valence-corrected chi connectivity index (χ1v) is 21.1. The SMILES string of the molecule is CC(C)CCC[C@@H](C)[C@H]1CC[C@H]2[C@@H]3CC=C4C[C@@H](OC(=O)NCCCCN=C(N)CO[C@@H]5S[C@H](CO)[C@@H](O)[C@H](O)[C@@H]5O)CC[C@]4(C)[C@H]3CC[C@]12C. The number of allylic oxidation sites excluding steroid dienone is 1. The molecule has 7 N–H and O–H groups in total. The first-order chi connectivity index (χ1) is 24.3. The number of nitrogens with two attached hydrogens (primary N) is 1. The molecule has 0 aromatic heterocycles. The smallest absolute Gasteiger partial charge is 0.407 e. The Morgan fingerprint density at radius 2 is 1.80 bits per heavy atom. The van der Waals surface area contributed by atoms with Crippen molar-refractivity contribution < 1.29 is 34.7 Å². The Morgan fingerprint density at radius 3 is 2.55 bits per heavy atom. The van der Waals surface area contributed by atoms with E-state index in [1.807, 2.05) is 0 Å². The van der Waals surface area contributed by atoms with Crippen molar-refractivity contribution in [1.82, 2.24) is 5.32 Å². The van der Waals surface area contributed by atoms with Crippen LogP contribution in [0.5, 0.6) is 0 Å². The fourth-order valence-electron chi connectivity index (χ4n) is 11.0. The van der Waals surface area contributed by atoms with Crippen LogP contribution in [0.25, 0.3) is 0 Å². The number of nitrogens with one attached hydrogen (secondary N) is 1. The number of hydrogen-bond acceptors (Lipinski definition) is 9. The quantitative estimate of drug-likeness (QED) is 0.0528. The van der Waals surface area contributed by atoms with Crippen LogP contribution < -0.4 is 11.1 Å². The molecule has 13 atom stereocenters. The monoisotopic (exact) mass is 735 g/mol. The molecule has 5 aliphatic rings. The van der Waals surface area contributed by atoms with Gasteiger partial charge in [-0.05, 0) is 104 Å². The number of aliphatic hydroxyl groups excluding tert-OH is 4. The number of amides is 1. The van der Waals surface area contributed by atoms with Crippen LogP contribution in [0.4, 0.5) is 4.79 Å². The van der Waals surface area contributed by atoms with Crippen LogP contribution in [0.1, 0.15) is 118 Å². The van der Waals surface area contributed by atoms with Crippen LogP contribution in [0.15, 0.2) is 16.6 Å². The Bertz CT molecular complexity index is 1220. The highest BCUT2D eigenvalue weighted by atomic mass is 32.2. The number of hydrogen-bond donors (Lipinski definition) is 6. The summed E-state index contributed by atoms with van der Waals surface area (Å²) in [5.41, 5.74) is 7.39. The van der Waals surface area contributed by atoms with Crippen molar-refractivity contribution in [2.45, 2.75) is 153 Å². The zero-order chi connectivity index (χ0) is 36.9. The molecule has 5 rings (SSSR count). The van der Waals surface area contributed by atoms with E-state index in [1.54, 1.807) is 0 Å². The van der Waals surface area contributed by atoms with Gasteiger partial charge in [-0.1, -0.05) is 65.5 Å². The van der Waals surface area contributed by atoms with Crippen LogP contribution in [0, 0.1) is 46.3 Å². The number of nitrogens with zero attached hydrogens (tertiary/aromatic N) is 1. The van der Waals surface area contributed by atoms with Crippen LogP contribution in [-0.4, -0.2) is 93.8 Å². The molecule has 0 unspecified atom stereocenters. The van der Waals surface area contributed by atoms with Gasteiger partial charge >= 0.3 is 6.09 Å². The molecule has 51 heavy (non-hydrogen) atoms. The average molecular weight is 736 g/mol. The van der Waals surface area contributed by atoms with Gasteiger partial charge in [0.15, 0.2) is 0 Å². The fraction of sp³-hybridized carbons (Fsp3) is 0.900. The van der Waals surface area contributed by atoms with Crippen molar-refractivity contribution in [2.75, 3.05) is 26.3 Å².